The van der Waals surface area contributed by atoms with E-state index in [-0.39, 0.29) is 17.8 Å². The normalized spacial score (nSPS) is 20.0. The number of amides is 1. The molecule has 0 N–H and O–H groups in total. The molecule has 104 valence electrons. The van der Waals surface area contributed by atoms with E-state index in [0.29, 0.717) is 18.2 Å². The lowest BCUT2D eigenvalue weighted by Gasteiger charge is -2.30. The minimum absolute atomic E-state index is 0.0825. The van der Waals surface area contributed by atoms with Gasteiger partial charge in [-0.1, -0.05) is 6.92 Å². The van der Waals surface area contributed by atoms with Gasteiger partial charge in [0, 0.05) is 11.6 Å². The number of hydrogen-bond donors (Lipinski definition) is 0. The highest BCUT2D eigenvalue weighted by molar-refractivity contribution is 7.99. The van der Waals surface area contributed by atoms with Crippen LogP contribution >= 0.6 is 23.4 Å². The maximum Gasteiger partial charge on any atom is 0.329 e. The smallest absolute Gasteiger partial charge is 0.329 e. The number of ether oxygens (including phenoxy) is 1. The Morgan fingerprint density at radius 3 is 2.72 bits per heavy atom. The fraction of sp³-hybridized carbons (Fsp3) is 0.833. The minimum atomic E-state index is -0.643. The van der Waals surface area contributed by atoms with Crippen LogP contribution in [-0.2, 0) is 14.3 Å². The first-order valence-corrected chi connectivity index (χ1v) is 7.74. The van der Waals surface area contributed by atoms with Crippen LogP contribution < -0.4 is 0 Å². The fourth-order valence-corrected chi connectivity index (χ4v) is 2.84. The van der Waals surface area contributed by atoms with E-state index in [0.717, 1.165) is 6.42 Å². The quantitative estimate of drug-likeness (QED) is 0.575. The van der Waals surface area contributed by atoms with Crippen molar-refractivity contribution in [3.63, 3.8) is 0 Å². The van der Waals surface area contributed by atoms with Gasteiger partial charge in [-0.05, 0) is 20.3 Å². The zero-order valence-electron chi connectivity index (χ0n) is 11.1. The highest BCUT2D eigenvalue weighted by atomic mass is 35.5. The molecule has 0 aromatic heterocycles. The third-order valence-corrected chi connectivity index (χ3v) is 4.46. The van der Waals surface area contributed by atoms with Crippen molar-refractivity contribution in [2.45, 2.75) is 33.2 Å². The van der Waals surface area contributed by atoms with Crippen LogP contribution in [-0.4, -0.2) is 46.9 Å². The minimum Gasteiger partial charge on any atom is -0.464 e. The molecule has 1 atom stereocenters. The average Bonchev–Trinajstić information content (AvgIpc) is 2.83. The van der Waals surface area contributed by atoms with Gasteiger partial charge in [-0.3, -0.25) is 4.79 Å². The second-order valence-electron chi connectivity index (χ2n) is 4.98. The molecule has 1 amide bonds. The molecule has 1 unspecified atom stereocenters. The van der Waals surface area contributed by atoms with Crippen molar-refractivity contribution in [1.82, 2.24) is 4.90 Å². The molecular weight excluding hydrogens is 274 g/mol. The third-order valence-electron chi connectivity index (χ3n) is 2.78. The summed E-state index contributed by atoms with van der Waals surface area (Å²) in [6.45, 7) is 5.93. The average molecular weight is 294 g/mol. The number of esters is 1. The van der Waals surface area contributed by atoms with Gasteiger partial charge in [0.25, 0.3) is 0 Å². The molecule has 0 saturated carbocycles. The van der Waals surface area contributed by atoms with Crippen LogP contribution in [0.2, 0.25) is 0 Å². The van der Waals surface area contributed by atoms with E-state index in [4.69, 9.17) is 16.3 Å². The lowest BCUT2D eigenvalue weighted by atomic mass is 9.94. The van der Waals surface area contributed by atoms with Crippen molar-refractivity contribution in [1.29, 1.82) is 0 Å². The Morgan fingerprint density at radius 1 is 1.50 bits per heavy atom. The molecule has 1 heterocycles. The maximum absolute atomic E-state index is 12.3. The van der Waals surface area contributed by atoms with Gasteiger partial charge in [0.2, 0.25) is 5.91 Å². The summed E-state index contributed by atoms with van der Waals surface area (Å²) in [7, 11) is 0. The molecule has 1 saturated heterocycles. The van der Waals surface area contributed by atoms with Crippen LogP contribution in [0, 0.1) is 5.41 Å². The Kier molecular flexibility index (Phi) is 5.79. The number of nitrogens with zero attached hydrogens (tertiary/aromatic N) is 1. The van der Waals surface area contributed by atoms with Crippen LogP contribution in [0.25, 0.3) is 0 Å². The molecule has 6 heteroatoms. The number of carbonyl (C=O) groups is 2. The Balaban J connectivity index is 2.70. The standard InChI is InChI=1S/C12H20ClNO3S/c1-4-5-17-10(15)9-6-18-8-14(9)11(16)12(2,3)7-13/h9H,4-8H2,1-3H3. The lowest BCUT2D eigenvalue weighted by molar-refractivity contribution is -0.155. The first kappa shape index (κ1) is 15.6. The Hall–Kier alpha value is -0.420. The van der Waals surface area contributed by atoms with Gasteiger partial charge in [-0.25, -0.2) is 4.79 Å². The summed E-state index contributed by atoms with van der Waals surface area (Å²) in [5.74, 6) is 0.989. The number of rotatable bonds is 5. The van der Waals surface area contributed by atoms with Gasteiger partial charge < -0.3 is 9.64 Å². The van der Waals surface area contributed by atoms with E-state index in [9.17, 15) is 9.59 Å². The zero-order valence-corrected chi connectivity index (χ0v) is 12.6. The van der Waals surface area contributed by atoms with E-state index in [1.807, 2.05) is 6.92 Å². The summed E-state index contributed by atoms with van der Waals surface area (Å²) >= 11 is 7.38. The SMILES string of the molecule is CCCOC(=O)C1CSCN1C(=O)C(C)(C)CCl. The number of alkyl halides is 1. The summed E-state index contributed by atoms with van der Waals surface area (Å²) in [4.78, 5) is 25.8. The molecule has 4 nitrogen and oxygen atoms in total. The molecular formula is C12H20ClNO3S. The van der Waals surface area contributed by atoms with E-state index < -0.39 is 11.5 Å². The Bertz CT molecular complexity index is 322. The molecule has 18 heavy (non-hydrogen) atoms. The molecule has 1 rings (SSSR count). The van der Waals surface area contributed by atoms with Crippen molar-refractivity contribution < 1.29 is 14.3 Å². The lowest BCUT2D eigenvalue weighted by Crippen LogP contribution is -2.48. The van der Waals surface area contributed by atoms with Crippen molar-refractivity contribution in [2.24, 2.45) is 5.41 Å². The molecule has 0 radical (unpaired) electrons. The van der Waals surface area contributed by atoms with Crippen molar-refractivity contribution in [3.05, 3.63) is 0 Å². The van der Waals surface area contributed by atoms with Crippen LogP contribution in [0.1, 0.15) is 27.2 Å². The second-order valence-corrected chi connectivity index (χ2v) is 6.24. The molecule has 1 fully saturated rings. The highest BCUT2D eigenvalue weighted by Crippen LogP contribution is 2.29. The largest absolute Gasteiger partial charge is 0.464 e. The number of carbonyl (C=O) groups excluding carboxylic acids is 2. The van der Waals surface area contributed by atoms with Gasteiger partial charge >= 0.3 is 5.97 Å². The monoisotopic (exact) mass is 293 g/mol. The van der Waals surface area contributed by atoms with E-state index in [2.05, 4.69) is 0 Å². The number of halogens is 1. The number of hydrogen-bond acceptors (Lipinski definition) is 4. The van der Waals surface area contributed by atoms with E-state index >= 15 is 0 Å². The molecule has 1 aliphatic heterocycles. The summed E-state index contributed by atoms with van der Waals surface area (Å²) in [5.41, 5.74) is -0.643. The van der Waals surface area contributed by atoms with Crippen LogP contribution in [0.3, 0.4) is 0 Å². The van der Waals surface area contributed by atoms with Gasteiger partial charge in [-0.15, -0.1) is 23.4 Å². The van der Waals surface area contributed by atoms with Crippen LogP contribution in [0.4, 0.5) is 0 Å². The van der Waals surface area contributed by atoms with Crippen molar-refractivity contribution in [3.8, 4) is 0 Å². The van der Waals surface area contributed by atoms with Gasteiger partial charge in [0.15, 0.2) is 0 Å². The topological polar surface area (TPSA) is 46.6 Å². The zero-order chi connectivity index (χ0) is 13.8. The summed E-state index contributed by atoms with van der Waals surface area (Å²) in [6.07, 6.45) is 0.784. The first-order valence-electron chi connectivity index (χ1n) is 6.05. The summed E-state index contributed by atoms with van der Waals surface area (Å²) in [6, 6.07) is -0.462. The van der Waals surface area contributed by atoms with Crippen molar-refractivity contribution in [2.75, 3.05) is 24.1 Å². The van der Waals surface area contributed by atoms with Crippen molar-refractivity contribution >= 4 is 35.2 Å². The van der Waals surface area contributed by atoms with Gasteiger partial charge in [-0.2, -0.15) is 0 Å². The van der Waals surface area contributed by atoms with Gasteiger partial charge in [0.05, 0.1) is 17.9 Å². The molecule has 1 aliphatic rings. The number of thioether (sulfide) groups is 1. The predicted molar refractivity (Wildman–Crippen MR) is 73.7 cm³/mol. The van der Waals surface area contributed by atoms with Crippen LogP contribution in [0.15, 0.2) is 0 Å². The van der Waals surface area contributed by atoms with Crippen LogP contribution in [0.5, 0.6) is 0 Å². The molecule has 0 spiro atoms. The fourth-order valence-electron chi connectivity index (χ4n) is 1.58. The summed E-state index contributed by atoms with van der Waals surface area (Å²) in [5, 5.41) is 0. The van der Waals surface area contributed by atoms with E-state index in [1.165, 1.54) is 0 Å². The predicted octanol–water partition coefficient (Wildman–Crippen LogP) is 2.11. The first-order chi connectivity index (χ1) is 8.44. The van der Waals surface area contributed by atoms with Gasteiger partial charge in [0.1, 0.15) is 6.04 Å². The van der Waals surface area contributed by atoms with E-state index in [1.54, 1.807) is 30.5 Å². The molecule has 0 aromatic rings. The Labute approximate surface area is 117 Å². The summed E-state index contributed by atoms with van der Waals surface area (Å²) < 4.78 is 5.12. The highest BCUT2D eigenvalue weighted by Gasteiger charge is 2.41. The maximum atomic E-state index is 12.3. The molecule has 0 aromatic carbocycles. The Morgan fingerprint density at radius 2 is 2.17 bits per heavy atom. The molecule has 0 bridgehead atoms. The third kappa shape index (κ3) is 3.54. The molecule has 0 aliphatic carbocycles. The second kappa shape index (κ2) is 6.66.